The van der Waals surface area contributed by atoms with Crippen LogP contribution in [0, 0.1) is 0 Å². The van der Waals surface area contributed by atoms with Gasteiger partial charge < -0.3 is 0 Å². The molecule has 0 atom stereocenters. The van der Waals surface area contributed by atoms with Crippen LogP contribution in [-0.4, -0.2) is 7.28 Å². The quantitative estimate of drug-likeness (QED) is 0.517. The molecule has 0 aliphatic carbocycles. The summed E-state index contributed by atoms with van der Waals surface area (Å²) in [6, 6.07) is 7.75. The fourth-order valence-electron chi connectivity index (χ4n) is 0.655. The molecule has 1 aromatic rings. The van der Waals surface area contributed by atoms with Gasteiger partial charge in [-0.25, -0.2) is 0 Å². The molecule has 0 saturated carbocycles. The van der Waals surface area contributed by atoms with E-state index in [0.717, 1.165) is 5.02 Å². The first-order valence-corrected chi connectivity index (χ1v) is 3.25. The summed E-state index contributed by atoms with van der Waals surface area (Å²) in [6.07, 6.45) is 0. The van der Waals surface area contributed by atoms with E-state index in [0.29, 0.717) is 0 Å². The van der Waals surface area contributed by atoms with Crippen LogP contribution in [0.25, 0.3) is 0 Å². The lowest BCUT2D eigenvalue weighted by Crippen LogP contribution is -2.08. The first-order valence-electron chi connectivity index (χ1n) is 2.88. The third-order valence-electron chi connectivity index (χ3n) is 1.20. The number of hydrogen-bond donors (Lipinski definition) is 0. The van der Waals surface area contributed by atoms with Crippen LogP contribution in [0.15, 0.2) is 24.3 Å². The third kappa shape index (κ3) is 1.76. The van der Waals surface area contributed by atoms with Crippen LogP contribution < -0.4 is 5.46 Å². The highest BCUT2D eigenvalue weighted by atomic mass is 35.5. The highest BCUT2D eigenvalue weighted by molar-refractivity contribution is 6.52. The van der Waals surface area contributed by atoms with Gasteiger partial charge >= 0.3 is 0 Å². The van der Waals surface area contributed by atoms with Gasteiger partial charge in [0.2, 0.25) is 0 Å². The average molecular weight is 137 g/mol. The van der Waals surface area contributed by atoms with E-state index >= 15 is 0 Å². The third-order valence-corrected chi connectivity index (χ3v) is 1.46. The van der Waals surface area contributed by atoms with E-state index < -0.39 is 0 Å². The minimum absolute atomic E-state index is 0.792. The summed E-state index contributed by atoms with van der Waals surface area (Å²) in [5.74, 6) is 0. The molecule has 0 aliphatic heterocycles. The number of hydrogen-bond acceptors (Lipinski definition) is 0. The average Bonchev–Trinajstić information content (AvgIpc) is 1.90. The van der Waals surface area contributed by atoms with E-state index in [9.17, 15) is 0 Å². The zero-order valence-electron chi connectivity index (χ0n) is 5.26. The van der Waals surface area contributed by atoms with Gasteiger partial charge in [0, 0.05) is 5.02 Å². The summed E-state index contributed by atoms with van der Waals surface area (Å²) in [4.78, 5) is 0. The Balaban J connectivity index is 2.88. The molecule has 0 N–H and O–H groups in total. The van der Waals surface area contributed by atoms with Gasteiger partial charge in [0.25, 0.3) is 0 Å². The Morgan fingerprint density at radius 1 is 1.22 bits per heavy atom. The number of benzene rings is 1. The molecule has 1 radical (unpaired) electrons. The van der Waals surface area contributed by atoms with Gasteiger partial charge in [-0.05, 0) is 12.1 Å². The maximum absolute atomic E-state index is 5.65. The van der Waals surface area contributed by atoms with Crippen molar-refractivity contribution in [2.24, 2.45) is 0 Å². The maximum atomic E-state index is 5.65. The lowest BCUT2D eigenvalue weighted by molar-refractivity contribution is 1.76. The van der Waals surface area contributed by atoms with Crippen molar-refractivity contribution in [1.82, 2.24) is 0 Å². The Morgan fingerprint density at radius 2 is 1.78 bits per heavy atom. The van der Waals surface area contributed by atoms with Crippen molar-refractivity contribution in [1.29, 1.82) is 0 Å². The van der Waals surface area contributed by atoms with Crippen LogP contribution in [-0.2, 0) is 0 Å². The van der Waals surface area contributed by atoms with Crippen molar-refractivity contribution >= 4 is 24.3 Å². The van der Waals surface area contributed by atoms with Gasteiger partial charge in [-0.3, -0.25) is 0 Å². The van der Waals surface area contributed by atoms with Crippen LogP contribution in [0.4, 0.5) is 0 Å². The second kappa shape index (κ2) is 2.93. The van der Waals surface area contributed by atoms with Gasteiger partial charge in [0.1, 0.15) is 7.28 Å². The van der Waals surface area contributed by atoms with E-state index in [4.69, 9.17) is 11.6 Å². The second-order valence-corrected chi connectivity index (χ2v) is 2.28. The highest BCUT2D eigenvalue weighted by Gasteiger charge is 1.87. The van der Waals surface area contributed by atoms with Gasteiger partial charge in [-0.2, -0.15) is 0 Å². The summed E-state index contributed by atoms with van der Waals surface area (Å²) < 4.78 is 0. The zero-order chi connectivity index (χ0) is 6.69. The van der Waals surface area contributed by atoms with Crippen LogP contribution in [0.1, 0.15) is 0 Å². The first-order chi connectivity index (χ1) is 4.33. The first kappa shape index (κ1) is 6.69. The van der Waals surface area contributed by atoms with Crippen molar-refractivity contribution in [3.8, 4) is 0 Å². The van der Waals surface area contributed by atoms with Crippen molar-refractivity contribution in [2.75, 3.05) is 0 Å². The predicted octanol–water partition coefficient (Wildman–Crippen LogP) is 1.72. The van der Waals surface area contributed by atoms with E-state index in [1.807, 2.05) is 38.4 Å². The zero-order valence-corrected chi connectivity index (χ0v) is 6.02. The Labute approximate surface area is 61.1 Å². The van der Waals surface area contributed by atoms with Crippen LogP contribution >= 0.6 is 11.6 Å². The standard InChI is InChI=1S/C7H7BCl/c1-8-6-2-4-7(9)5-3-6/h2-5H,1H3. The molecule has 0 saturated heterocycles. The van der Waals surface area contributed by atoms with E-state index in [-0.39, 0.29) is 0 Å². The van der Waals surface area contributed by atoms with E-state index in [1.165, 1.54) is 5.46 Å². The molecule has 1 aromatic carbocycles. The largest absolute Gasteiger partial charge is 0.148 e. The highest BCUT2D eigenvalue weighted by Crippen LogP contribution is 2.02. The Hall–Kier alpha value is -0.425. The molecular formula is C7H7BCl. The smallest absolute Gasteiger partial charge is 0.0880 e. The summed E-state index contributed by atoms with van der Waals surface area (Å²) in [5, 5.41) is 0.792. The minimum atomic E-state index is 0.792. The van der Waals surface area contributed by atoms with Crippen molar-refractivity contribution in [2.45, 2.75) is 6.82 Å². The topological polar surface area (TPSA) is 0 Å². The molecular weight excluding hydrogens is 130 g/mol. The molecule has 0 spiro atoms. The molecule has 0 aromatic heterocycles. The molecule has 0 heterocycles. The number of halogens is 1. The molecule has 0 unspecified atom stereocenters. The monoisotopic (exact) mass is 137 g/mol. The molecule has 9 heavy (non-hydrogen) atoms. The van der Waals surface area contributed by atoms with Crippen LogP contribution in [0.2, 0.25) is 11.8 Å². The number of rotatable bonds is 1. The van der Waals surface area contributed by atoms with E-state index in [1.54, 1.807) is 0 Å². The molecule has 0 amide bonds. The van der Waals surface area contributed by atoms with Crippen molar-refractivity contribution < 1.29 is 0 Å². The lowest BCUT2D eigenvalue weighted by atomic mass is 9.74. The van der Waals surface area contributed by atoms with Crippen molar-refractivity contribution in [3.63, 3.8) is 0 Å². The van der Waals surface area contributed by atoms with Gasteiger partial charge in [0.15, 0.2) is 0 Å². The minimum Gasteiger partial charge on any atom is -0.0880 e. The molecule has 0 aliphatic rings. The normalized spacial score (nSPS) is 9.11. The summed E-state index contributed by atoms with van der Waals surface area (Å²) >= 11 is 5.65. The molecule has 1 rings (SSSR count). The Bertz CT molecular complexity index is 181. The SMILES string of the molecule is C[B]c1ccc(Cl)cc1. The van der Waals surface area contributed by atoms with Gasteiger partial charge in [-0.1, -0.05) is 36.0 Å². The summed E-state index contributed by atoms with van der Waals surface area (Å²) in [5.41, 5.74) is 1.21. The summed E-state index contributed by atoms with van der Waals surface area (Å²) in [6.45, 7) is 2.00. The van der Waals surface area contributed by atoms with Crippen LogP contribution in [0.5, 0.6) is 0 Å². The molecule has 0 nitrogen and oxygen atoms in total. The maximum Gasteiger partial charge on any atom is 0.148 e. The Kier molecular flexibility index (Phi) is 2.18. The second-order valence-electron chi connectivity index (χ2n) is 1.84. The lowest BCUT2D eigenvalue weighted by Gasteiger charge is -1.92. The van der Waals surface area contributed by atoms with E-state index in [2.05, 4.69) is 0 Å². The Morgan fingerprint density at radius 3 is 2.22 bits per heavy atom. The van der Waals surface area contributed by atoms with Crippen molar-refractivity contribution in [3.05, 3.63) is 29.3 Å². The summed E-state index contributed by atoms with van der Waals surface area (Å²) in [7, 11) is 2.04. The van der Waals surface area contributed by atoms with Gasteiger partial charge in [0.05, 0.1) is 0 Å². The predicted molar refractivity (Wildman–Crippen MR) is 42.7 cm³/mol. The molecule has 0 fully saturated rings. The van der Waals surface area contributed by atoms with Gasteiger partial charge in [-0.15, -0.1) is 0 Å². The van der Waals surface area contributed by atoms with Crippen LogP contribution in [0.3, 0.4) is 0 Å². The molecule has 45 valence electrons. The molecule has 0 bridgehead atoms. The fraction of sp³-hybridized carbons (Fsp3) is 0.143. The molecule has 2 heteroatoms. The fourth-order valence-corrected chi connectivity index (χ4v) is 0.781.